The molecular weight excluding hydrogens is 312 g/mol. The van der Waals surface area contributed by atoms with Crippen LogP contribution < -0.4 is 0 Å². The molecule has 2 aromatic heterocycles. The summed E-state index contributed by atoms with van der Waals surface area (Å²) in [5, 5.41) is 1.02. The molecule has 1 aromatic carbocycles. The zero-order chi connectivity index (χ0) is 17.1. The highest BCUT2D eigenvalue weighted by Crippen LogP contribution is 2.18. The summed E-state index contributed by atoms with van der Waals surface area (Å²) in [4.78, 5) is 24.9. The van der Waals surface area contributed by atoms with Crippen LogP contribution in [0.2, 0.25) is 0 Å². The van der Waals surface area contributed by atoms with Gasteiger partial charge in [-0.2, -0.15) is 0 Å². The summed E-state index contributed by atoms with van der Waals surface area (Å²) in [5.41, 5.74) is 2.92. The molecule has 3 heterocycles. The molecule has 0 aliphatic carbocycles. The van der Waals surface area contributed by atoms with Crippen molar-refractivity contribution < 1.29 is 4.79 Å². The van der Waals surface area contributed by atoms with Gasteiger partial charge in [-0.15, -0.1) is 0 Å². The molecule has 1 aliphatic rings. The number of para-hydroxylation sites is 1. The predicted octanol–water partition coefficient (Wildman–Crippen LogP) is 2.56. The van der Waals surface area contributed by atoms with Crippen molar-refractivity contribution >= 4 is 16.7 Å². The van der Waals surface area contributed by atoms with Crippen LogP contribution >= 0.6 is 0 Å². The van der Waals surface area contributed by atoms with E-state index in [-0.39, 0.29) is 5.78 Å². The number of Topliss-reactive ketones (excluding diaryl/α,β-unsaturated/α-hetero) is 1. The largest absolute Gasteiger partial charge is 0.360 e. The summed E-state index contributed by atoms with van der Waals surface area (Å²) in [6, 6.07) is 14.0. The van der Waals surface area contributed by atoms with E-state index in [0.29, 0.717) is 6.54 Å². The van der Waals surface area contributed by atoms with E-state index >= 15 is 0 Å². The van der Waals surface area contributed by atoms with E-state index in [0.717, 1.165) is 54.9 Å². The Hall–Kier alpha value is -2.50. The van der Waals surface area contributed by atoms with Crippen LogP contribution in [0.5, 0.6) is 0 Å². The number of hydrogen-bond acceptors (Lipinski definition) is 4. The molecule has 1 saturated heterocycles. The van der Waals surface area contributed by atoms with Crippen LogP contribution in [0.4, 0.5) is 0 Å². The molecule has 0 radical (unpaired) electrons. The number of piperazine rings is 1. The molecule has 0 saturated carbocycles. The lowest BCUT2D eigenvalue weighted by molar-refractivity contribution is 0.0843. The van der Waals surface area contributed by atoms with Gasteiger partial charge in [0.15, 0.2) is 5.78 Å². The summed E-state index contributed by atoms with van der Waals surface area (Å²) in [6.07, 6.45) is 3.68. The fraction of sp³-hybridized carbons (Fsp3) is 0.300. The van der Waals surface area contributed by atoms with E-state index in [2.05, 4.69) is 25.8 Å². The Morgan fingerprint density at radius 3 is 2.56 bits per heavy atom. The summed E-state index contributed by atoms with van der Waals surface area (Å²) in [5.74, 6) is 0.190. The second-order valence-electron chi connectivity index (χ2n) is 6.54. The number of carbonyl (C=O) groups is 1. The molecule has 1 aliphatic heterocycles. The topological polar surface area (TPSA) is 52.2 Å². The summed E-state index contributed by atoms with van der Waals surface area (Å²) < 4.78 is 0. The molecule has 128 valence electrons. The van der Waals surface area contributed by atoms with Gasteiger partial charge in [-0.1, -0.05) is 24.3 Å². The Labute approximate surface area is 147 Å². The molecular formula is C20H22N4O. The normalized spacial score (nSPS) is 16.3. The van der Waals surface area contributed by atoms with Crippen molar-refractivity contribution in [3.05, 3.63) is 66.1 Å². The van der Waals surface area contributed by atoms with Crippen LogP contribution in [0.25, 0.3) is 10.9 Å². The van der Waals surface area contributed by atoms with E-state index in [9.17, 15) is 4.79 Å². The standard InChI is InChI=1S/C20H22N4O/c25-20(18-13-22-19-7-2-1-6-17(18)19)15-24-11-9-23(10-12-24)14-16-5-3-4-8-21-16/h1-8,13,22H,9-12,14-15H2. The third-order valence-electron chi connectivity index (χ3n) is 4.83. The van der Waals surface area contributed by atoms with Crippen LogP contribution in [-0.2, 0) is 6.54 Å². The highest BCUT2D eigenvalue weighted by atomic mass is 16.1. The van der Waals surface area contributed by atoms with Crippen molar-refractivity contribution in [3.8, 4) is 0 Å². The van der Waals surface area contributed by atoms with Gasteiger partial charge in [-0.25, -0.2) is 0 Å². The van der Waals surface area contributed by atoms with Gasteiger partial charge >= 0.3 is 0 Å². The number of nitrogens with one attached hydrogen (secondary N) is 1. The Balaban J connectivity index is 1.33. The number of ketones is 1. The monoisotopic (exact) mass is 334 g/mol. The number of aromatic amines is 1. The van der Waals surface area contributed by atoms with Gasteiger partial charge in [-0.3, -0.25) is 19.6 Å². The molecule has 3 aromatic rings. The maximum atomic E-state index is 12.7. The quantitative estimate of drug-likeness (QED) is 0.729. The Morgan fingerprint density at radius 1 is 1.00 bits per heavy atom. The highest BCUT2D eigenvalue weighted by Gasteiger charge is 2.21. The predicted molar refractivity (Wildman–Crippen MR) is 98.6 cm³/mol. The first-order valence-electron chi connectivity index (χ1n) is 8.73. The van der Waals surface area contributed by atoms with Crippen molar-refractivity contribution in [1.29, 1.82) is 0 Å². The maximum absolute atomic E-state index is 12.7. The van der Waals surface area contributed by atoms with Crippen molar-refractivity contribution in [1.82, 2.24) is 19.8 Å². The number of pyridine rings is 1. The minimum absolute atomic E-state index is 0.190. The highest BCUT2D eigenvalue weighted by molar-refractivity contribution is 6.08. The Morgan fingerprint density at radius 2 is 1.76 bits per heavy atom. The third-order valence-corrected chi connectivity index (χ3v) is 4.83. The average Bonchev–Trinajstić information content (AvgIpc) is 3.08. The SMILES string of the molecule is O=C(CN1CCN(Cc2ccccn2)CC1)c1c[nH]c2ccccc12. The van der Waals surface area contributed by atoms with Crippen LogP contribution in [0.3, 0.4) is 0 Å². The lowest BCUT2D eigenvalue weighted by Gasteiger charge is -2.34. The number of nitrogens with zero attached hydrogens (tertiary/aromatic N) is 3. The van der Waals surface area contributed by atoms with Crippen molar-refractivity contribution in [3.63, 3.8) is 0 Å². The first-order valence-corrected chi connectivity index (χ1v) is 8.73. The first kappa shape index (κ1) is 16.0. The Kier molecular flexibility index (Phi) is 4.59. The third kappa shape index (κ3) is 3.62. The zero-order valence-electron chi connectivity index (χ0n) is 14.2. The number of aromatic nitrogens is 2. The van der Waals surface area contributed by atoms with Crippen LogP contribution in [0.15, 0.2) is 54.9 Å². The zero-order valence-corrected chi connectivity index (χ0v) is 14.2. The maximum Gasteiger partial charge on any atom is 0.178 e. The molecule has 0 amide bonds. The summed E-state index contributed by atoms with van der Waals surface area (Å²) >= 11 is 0. The van der Waals surface area contributed by atoms with E-state index in [4.69, 9.17) is 0 Å². The van der Waals surface area contributed by atoms with Gasteiger partial charge in [0, 0.05) is 61.6 Å². The van der Waals surface area contributed by atoms with Crippen molar-refractivity contribution in [2.24, 2.45) is 0 Å². The van der Waals surface area contributed by atoms with Gasteiger partial charge in [0.25, 0.3) is 0 Å². The van der Waals surface area contributed by atoms with Crippen molar-refractivity contribution in [2.45, 2.75) is 6.54 Å². The second kappa shape index (κ2) is 7.17. The van der Waals surface area contributed by atoms with Gasteiger partial charge in [0.2, 0.25) is 0 Å². The molecule has 0 atom stereocenters. The fourth-order valence-electron chi connectivity index (χ4n) is 3.42. The van der Waals surface area contributed by atoms with E-state index in [1.165, 1.54) is 0 Å². The number of benzene rings is 1. The molecule has 25 heavy (non-hydrogen) atoms. The van der Waals surface area contributed by atoms with Crippen LogP contribution in [0.1, 0.15) is 16.1 Å². The van der Waals surface area contributed by atoms with Crippen molar-refractivity contribution in [2.75, 3.05) is 32.7 Å². The van der Waals surface area contributed by atoms with E-state index < -0.39 is 0 Å². The Bertz CT molecular complexity index is 850. The minimum atomic E-state index is 0.190. The molecule has 4 rings (SSSR count). The molecule has 0 bridgehead atoms. The summed E-state index contributed by atoms with van der Waals surface area (Å²) in [6.45, 7) is 5.14. The van der Waals surface area contributed by atoms with E-state index in [1.807, 2.05) is 48.8 Å². The number of H-pyrrole nitrogens is 1. The van der Waals surface area contributed by atoms with Crippen LogP contribution in [-0.4, -0.2) is 58.3 Å². The minimum Gasteiger partial charge on any atom is -0.360 e. The van der Waals surface area contributed by atoms with Gasteiger partial charge < -0.3 is 4.98 Å². The number of fused-ring (bicyclic) bond motifs is 1. The molecule has 1 N–H and O–H groups in total. The molecule has 0 spiro atoms. The van der Waals surface area contributed by atoms with Crippen LogP contribution in [0, 0.1) is 0 Å². The van der Waals surface area contributed by atoms with Gasteiger partial charge in [-0.05, 0) is 18.2 Å². The number of hydrogen-bond donors (Lipinski definition) is 1. The molecule has 0 unspecified atom stereocenters. The number of carbonyl (C=O) groups excluding carboxylic acids is 1. The smallest absolute Gasteiger partial charge is 0.178 e. The fourth-order valence-corrected chi connectivity index (χ4v) is 3.42. The molecule has 5 nitrogen and oxygen atoms in total. The lowest BCUT2D eigenvalue weighted by atomic mass is 10.1. The molecule has 5 heteroatoms. The van der Waals surface area contributed by atoms with Gasteiger partial charge in [0.05, 0.1) is 12.2 Å². The molecule has 1 fully saturated rings. The van der Waals surface area contributed by atoms with Gasteiger partial charge in [0.1, 0.15) is 0 Å². The number of rotatable bonds is 5. The lowest BCUT2D eigenvalue weighted by Crippen LogP contribution is -2.47. The second-order valence-corrected chi connectivity index (χ2v) is 6.54. The summed E-state index contributed by atoms with van der Waals surface area (Å²) in [7, 11) is 0. The average molecular weight is 334 g/mol. The van der Waals surface area contributed by atoms with E-state index in [1.54, 1.807) is 0 Å². The first-order chi connectivity index (χ1) is 12.3.